The van der Waals surface area contributed by atoms with Crippen molar-refractivity contribution in [2.75, 3.05) is 0 Å². The van der Waals surface area contributed by atoms with Crippen LogP contribution in [-0.4, -0.2) is 10.7 Å². The van der Waals surface area contributed by atoms with Crippen LogP contribution in [0.25, 0.3) is 0 Å². The number of alkyl halides is 1. The fourth-order valence-electron chi connectivity index (χ4n) is 3.20. The first-order chi connectivity index (χ1) is 8.75. The van der Waals surface area contributed by atoms with E-state index in [9.17, 15) is 10.1 Å². The highest BCUT2D eigenvalue weighted by atomic mass is 35.5. The first kappa shape index (κ1) is 14.4. The van der Waals surface area contributed by atoms with E-state index in [0.29, 0.717) is 12.3 Å². The van der Waals surface area contributed by atoms with Crippen molar-refractivity contribution in [3.05, 3.63) is 0 Å². The van der Waals surface area contributed by atoms with Crippen molar-refractivity contribution in [1.82, 2.24) is 0 Å². The van der Waals surface area contributed by atoms with E-state index in [0.717, 1.165) is 19.3 Å². The van der Waals surface area contributed by atoms with Gasteiger partial charge in [0.15, 0.2) is 0 Å². The van der Waals surface area contributed by atoms with Crippen molar-refractivity contribution in [3.8, 4) is 17.9 Å². The summed E-state index contributed by atoms with van der Waals surface area (Å²) in [5, 5.41) is 9.34. The van der Waals surface area contributed by atoms with Gasteiger partial charge in [-0.15, -0.1) is 11.6 Å². The Morgan fingerprint density at radius 2 is 2.05 bits per heavy atom. The molecule has 0 saturated heterocycles. The number of halogens is 1. The lowest BCUT2D eigenvalue weighted by Gasteiger charge is -2.57. The Kier molecular flexibility index (Phi) is 3.44. The summed E-state index contributed by atoms with van der Waals surface area (Å²) in [5.74, 6) is 6.22. The molecule has 2 saturated carbocycles. The number of hydrogen-bond donors (Lipinski definition) is 0. The molecule has 0 aromatic carbocycles. The third-order valence-corrected chi connectivity index (χ3v) is 5.14. The highest BCUT2D eigenvalue weighted by molar-refractivity contribution is 6.27. The van der Waals surface area contributed by atoms with Gasteiger partial charge in [0.2, 0.25) is 5.78 Å². The maximum atomic E-state index is 12.0. The van der Waals surface area contributed by atoms with Crippen molar-refractivity contribution in [2.45, 2.75) is 57.7 Å². The topological polar surface area (TPSA) is 40.9 Å². The monoisotopic (exact) mass is 277 g/mol. The second kappa shape index (κ2) is 4.53. The summed E-state index contributed by atoms with van der Waals surface area (Å²) in [6, 6.07) is 2.23. The number of carbonyl (C=O) groups excluding carboxylic acids is 1. The molecular formula is C16H20ClNO. The van der Waals surface area contributed by atoms with Crippen LogP contribution >= 0.6 is 11.6 Å². The van der Waals surface area contributed by atoms with Gasteiger partial charge in [-0.2, -0.15) is 5.26 Å². The van der Waals surface area contributed by atoms with Crippen LogP contribution in [0.1, 0.15) is 52.9 Å². The molecule has 0 spiro atoms. The standard InChI is InChI=1S/C16H20ClNO/c1-14(2,3)13(19)7-9-15-8-5-4-6-12(15)10-16(15,17)11-18/h12H,4-6,8,10H2,1-3H3/t12-,15+,16-/m0/s1. The molecule has 0 unspecified atom stereocenters. The molecular weight excluding hydrogens is 258 g/mol. The molecule has 0 aromatic rings. The van der Waals surface area contributed by atoms with Gasteiger partial charge in [0.05, 0.1) is 11.5 Å². The Morgan fingerprint density at radius 3 is 2.58 bits per heavy atom. The van der Waals surface area contributed by atoms with Gasteiger partial charge in [-0.05, 0) is 31.1 Å². The molecule has 2 aliphatic carbocycles. The minimum atomic E-state index is -0.886. The van der Waals surface area contributed by atoms with Crippen LogP contribution in [0.4, 0.5) is 0 Å². The summed E-state index contributed by atoms with van der Waals surface area (Å²) >= 11 is 6.45. The summed E-state index contributed by atoms with van der Waals surface area (Å²) < 4.78 is 0. The van der Waals surface area contributed by atoms with Gasteiger partial charge in [-0.1, -0.05) is 39.5 Å². The van der Waals surface area contributed by atoms with Crippen LogP contribution in [0.2, 0.25) is 0 Å². The smallest absolute Gasteiger partial charge is 0.210 e. The lowest BCUT2D eigenvalue weighted by Crippen LogP contribution is -2.60. The zero-order valence-corrected chi connectivity index (χ0v) is 12.6. The largest absolute Gasteiger partial charge is 0.284 e. The maximum absolute atomic E-state index is 12.0. The fraction of sp³-hybridized carbons (Fsp3) is 0.750. The quantitative estimate of drug-likeness (QED) is 0.385. The van der Waals surface area contributed by atoms with Crippen molar-refractivity contribution >= 4 is 17.4 Å². The maximum Gasteiger partial charge on any atom is 0.210 e. The molecule has 0 bridgehead atoms. The highest BCUT2D eigenvalue weighted by Crippen LogP contribution is 2.64. The average molecular weight is 278 g/mol. The van der Waals surface area contributed by atoms with Crippen LogP contribution < -0.4 is 0 Å². The molecule has 102 valence electrons. The van der Waals surface area contributed by atoms with E-state index in [1.165, 1.54) is 6.42 Å². The zero-order chi connectivity index (χ0) is 14.3. The van der Waals surface area contributed by atoms with E-state index in [1.807, 2.05) is 20.8 Å². The number of hydrogen-bond acceptors (Lipinski definition) is 2. The highest BCUT2D eigenvalue weighted by Gasteiger charge is 2.65. The van der Waals surface area contributed by atoms with Crippen LogP contribution in [0, 0.1) is 39.9 Å². The molecule has 0 aliphatic heterocycles. The van der Waals surface area contributed by atoms with Gasteiger partial charge in [-0.25, -0.2) is 0 Å². The molecule has 0 aromatic heterocycles. The lowest BCUT2D eigenvalue weighted by molar-refractivity contribution is -0.120. The third-order valence-electron chi connectivity index (χ3n) is 4.56. The number of Topliss-reactive ketones (excluding diaryl/α,β-unsaturated/α-hetero) is 1. The van der Waals surface area contributed by atoms with Gasteiger partial charge >= 0.3 is 0 Å². The summed E-state index contributed by atoms with van der Waals surface area (Å²) in [7, 11) is 0. The molecule has 19 heavy (non-hydrogen) atoms. The Balaban J connectivity index is 2.32. The van der Waals surface area contributed by atoms with Crippen molar-refractivity contribution in [2.24, 2.45) is 16.7 Å². The zero-order valence-electron chi connectivity index (χ0n) is 11.8. The van der Waals surface area contributed by atoms with E-state index in [1.54, 1.807) is 0 Å². The number of nitrogens with zero attached hydrogens (tertiary/aromatic N) is 1. The van der Waals surface area contributed by atoms with E-state index in [-0.39, 0.29) is 5.78 Å². The summed E-state index contributed by atoms with van der Waals surface area (Å²) in [6.07, 6.45) is 4.86. The fourth-order valence-corrected chi connectivity index (χ4v) is 3.68. The molecule has 2 rings (SSSR count). The predicted octanol–water partition coefficient (Wildman–Crippen LogP) is 3.69. The molecule has 0 heterocycles. The molecule has 0 radical (unpaired) electrons. The molecule has 3 heteroatoms. The molecule has 2 fully saturated rings. The molecule has 2 aliphatic rings. The molecule has 2 nitrogen and oxygen atoms in total. The lowest BCUT2D eigenvalue weighted by atomic mass is 9.48. The predicted molar refractivity (Wildman–Crippen MR) is 75.4 cm³/mol. The van der Waals surface area contributed by atoms with Crippen molar-refractivity contribution in [1.29, 1.82) is 5.26 Å². The van der Waals surface area contributed by atoms with Crippen LogP contribution in [0.15, 0.2) is 0 Å². The number of ketones is 1. The van der Waals surface area contributed by atoms with E-state index >= 15 is 0 Å². The average Bonchev–Trinajstić information content (AvgIpc) is 2.34. The van der Waals surface area contributed by atoms with Gasteiger partial charge in [-0.3, -0.25) is 4.79 Å². The van der Waals surface area contributed by atoms with E-state index in [2.05, 4.69) is 17.9 Å². The van der Waals surface area contributed by atoms with Crippen LogP contribution in [0.5, 0.6) is 0 Å². The second-order valence-electron chi connectivity index (χ2n) is 6.86. The Labute approximate surface area is 120 Å². The van der Waals surface area contributed by atoms with Crippen LogP contribution in [-0.2, 0) is 4.79 Å². The van der Waals surface area contributed by atoms with Crippen molar-refractivity contribution in [3.63, 3.8) is 0 Å². The third kappa shape index (κ3) is 2.17. The van der Waals surface area contributed by atoms with Gasteiger partial charge in [0.1, 0.15) is 4.87 Å². The minimum absolute atomic E-state index is 0.0740. The first-order valence-corrected chi connectivity index (χ1v) is 7.31. The summed E-state index contributed by atoms with van der Waals surface area (Å²) in [6.45, 7) is 5.58. The SMILES string of the molecule is CC(C)(C)C(=O)C#C[C@]12CCCC[C@H]1C[C@]2(Cl)C#N. The number of rotatable bonds is 0. The minimum Gasteiger partial charge on any atom is -0.284 e. The van der Waals surface area contributed by atoms with E-state index in [4.69, 9.17) is 11.6 Å². The van der Waals surface area contributed by atoms with Crippen molar-refractivity contribution < 1.29 is 4.79 Å². The Bertz CT molecular complexity index is 502. The number of fused-ring (bicyclic) bond motifs is 1. The van der Waals surface area contributed by atoms with Gasteiger partial charge in [0, 0.05) is 5.41 Å². The molecule has 0 N–H and O–H groups in total. The Hall–Kier alpha value is -0.990. The molecule has 0 amide bonds. The number of nitriles is 1. The summed E-state index contributed by atoms with van der Waals surface area (Å²) in [5.41, 5.74) is -0.915. The van der Waals surface area contributed by atoms with Crippen LogP contribution in [0.3, 0.4) is 0 Å². The number of carbonyl (C=O) groups is 1. The van der Waals surface area contributed by atoms with Gasteiger partial charge < -0.3 is 0 Å². The normalized spacial score (nSPS) is 37.1. The Morgan fingerprint density at radius 1 is 1.37 bits per heavy atom. The molecule has 3 atom stereocenters. The van der Waals surface area contributed by atoms with E-state index < -0.39 is 15.7 Å². The summed E-state index contributed by atoms with van der Waals surface area (Å²) in [4.78, 5) is 11.1. The van der Waals surface area contributed by atoms with Gasteiger partial charge in [0.25, 0.3) is 0 Å². The first-order valence-electron chi connectivity index (χ1n) is 6.93. The second-order valence-corrected chi connectivity index (χ2v) is 7.51.